The molecule has 17 heavy (non-hydrogen) atoms. The van der Waals surface area contributed by atoms with Crippen molar-refractivity contribution in [2.45, 2.75) is 18.8 Å². The van der Waals surface area contributed by atoms with E-state index in [4.69, 9.17) is 23.2 Å². The molecule has 0 bridgehead atoms. The van der Waals surface area contributed by atoms with Crippen LogP contribution in [0.5, 0.6) is 0 Å². The zero-order valence-electron chi connectivity index (χ0n) is 8.81. The molecular formula is C11H8Cl2FNO2. The Labute approximate surface area is 107 Å². The zero-order chi connectivity index (χ0) is 12.8. The number of benzene rings is 1. The summed E-state index contributed by atoms with van der Waals surface area (Å²) in [4.78, 5) is 22.9. The van der Waals surface area contributed by atoms with Crippen molar-refractivity contribution < 1.29 is 14.0 Å². The summed E-state index contributed by atoms with van der Waals surface area (Å²) in [6.07, 6.45) is -0.0490. The van der Waals surface area contributed by atoms with Crippen LogP contribution in [0.15, 0.2) is 12.1 Å². The Hall–Kier alpha value is -1.13. The van der Waals surface area contributed by atoms with Gasteiger partial charge in [0.1, 0.15) is 5.82 Å². The van der Waals surface area contributed by atoms with Gasteiger partial charge in [-0.1, -0.05) is 23.2 Å². The molecule has 90 valence electrons. The van der Waals surface area contributed by atoms with Crippen LogP contribution >= 0.6 is 23.2 Å². The number of amides is 2. The number of carbonyl (C=O) groups excluding carboxylic acids is 2. The number of rotatable bonds is 1. The second-order valence-corrected chi connectivity index (χ2v) is 4.95. The van der Waals surface area contributed by atoms with Crippen molar-refractivity contribution in [2.75, 3.05) is 0 Å². The third-order valence-electron chi connectivity index (χ3n) is 2.87. The van der Waals surface area contributed by atoms with Gasteiger partial charge in [0.15, 0.2) is 0 Å². The minimum atomic E-state index is -1.14. The normalized spacial score (nSPS) is 24.0. The highest BCUT2D eigenvalue weighted by Crippen LogP contribution is 2.38. The number of halogens is 3. The van der Waals surface area contributed by atoms with Gasteiger partial charge in [0.25, 0.3) is 0 Å². The lowest BCUT2D eigenvalue weighted by Crippen LogP contribution is -2.33. The summed E-state index contributed by atoms with van der Waals surface area (Å²) in [6.45, 7) is 1.54. The molecule has 2 amide bonds. The third-order valence-corrected chi connectivity index (χ3v) is 3.47. The van der Waals surface area contributed by atoms with Gasteiger partial charge < -0.3 is 0 Å². The second-order valence-electron chi connectivity index (χ2n) is 4.13. The largest absolute Gasteiger partial charge is 0.296 e. The summed E-state index contributed by atoms with van der Waals surface area (Å²) >= 11 is 11.5. The summed E-state index contributed by atoms with van der Waals surface area (Å²) in [5.74, 6) is -1.55. The second kappa shape index (κ2) is 3.96. The van der Waals surface area contributed by atoms with E-state index in [0.717, 1.165) is 6.07 Å². The fraction of sp³-hybridized carbons (Fsp3) is 0.273. The van der Waals surface area contributed by atoms with E-state index in [-0.39, 0.29) is 22.0 Å². The van der Waals surface area contributed by atoms with Crippen molar-refractivity contribution in [1.82, 2.24) is 5.32 Å². The molecule has 1 fully saturated rings. The van der Waals surface area contributed by atoms with E-state index in [1.165, 1.54) is 6.07 Å². The van der Waals surface area contributed by atoms with Crippen LogP contribution in [0.3, 0.4) is 0 Å². The Bertz CT molecular complexity index is 532. The Morgan fingerprint density at radius 3 is 2.47 bits per heavy atom. The fourth-order valence-corrected chi connectivity index (χ4v) is 2.46. The molecule has 1 aromatic rings. The van der Waals surface area contributed by atoms with Crippen LogP contribution in [0.4, 0.5) is 4.39 Å². The Balaban J connectivity index is 2.58. The lowest BCUT2D eigenvalue weighted by Gasteiger charge is -2.21. The quantitative estimate of drug-likeness (QED) is 0.632. The summed E-state index contributed by atoms with van der Waals surface area (Å²) in [6, 6.07) is 2.33. The molecular weight excluding hydrogens is 268 g/mol. The Morgan fingerprint density at radius 2 is 1.94 bits per heavy atom. The van der Waals surface area contributed by atoms with E-state index in [0.29, 0.717) is 0 Å². The third kappa shape index (κ3) is 1.91. The van der Waals surface area contributed by atoms with Crippen LogP contribution in [0, 0.1) is 5.82 Å². The van der Waals surface area contributed by atoms with Gasteiger partial charge in [-0.05, 0) is 24.6 Å². The highest BCUT2D eigenvalue weighted by molar-refractivity contribution is 6.35. The molecule has 1 aliphatic heterocycles. The van der Waals surface area contributed by atoms with Crippen LogP contribution in [0.1, 0.15) is 18.9 Å². The first-order valence-electron chi connectivity index (χ1n) is 4.84. The van der Waals surface area contributed by atoms with E-state index < -0.39 is 23.0 Å². The molecule has 0 saturated carbocycles. The van der Waals surface area contributed by atoms with Gasteiger partial charge in [-0.2, -0.15) is 0 Å². The molecule has 0 aliphatic carbocycles. The molecule has 3 nitrogen and oxygen atoms in total. The summed E-state index contributed by atoms with van der Waals surface area (Å²) < 4.78 is 13.4. The molecule has 1 aliphatic rings. The number of nitrogens with one attached hydrogen (secondary N) is 1. The summed E-state index contributed by atoms with van der Waals surface area (Å²) in [5.41, 5.74) is -0.871. The average Bonchev–Trinajstić information content (AvgIpc) is 2.47. The predicted octanol–water partition coefficient (Wildman–Crippen LogP) is 2.44. The minimum absolute atomic E-state index is 0.0490. The SMILES string of the molecule is CC1(c2cc(F)c(Cl)cc2Cl)CC(=O)NC1=O. The molecule has 0 spiro atoms. The van der Waals surface area contributed by atoms with E-state index in [9.17, 15) is 14.0 Å². The number of hydrogen-bond donors (Lipinski definition) is 1. The smallest absolute Gasteiger partial charge is 0.237 e. The maximum atomic E-state index is 13.4. The van der Waals surface area contributed by atoms with Gasteiger partial charge in [-0.15, -0.1) is 0 Å². The fourth-order valence-electron chi connectivity index (χ4n) is 1.87. The summed E-state index contributed by atoms with van der Waals surface area (Å²) in [7, 11) is 0. The standard InChI is InChI=1S/C11H8Cl2FNO2/c1-11(4-9(16)15-10(11)17)5-2-8(14)7(13)3-6(5)12/h2-3H,4H2,1H3,(H,15,16,17). The van der Waals surface area contributed by atoms with E-state index in [1.54, 1.807) is 6.92 Å². The van der Waals surface area contributed by atoms with E-state index in [2.05, 4.69) is 5.32 Å². The van der Waals surface area contributed by atoms with Gasteiger partial charge in [-0.25, -0.2) is 4.39 Å². The van der Waals surface area contributed by atoms with Crippen molar-refractivity contribution >= 4 is 35.0 Å². The van der Waals surface area contributed by atoms with E-state index in [1.807, 2.05) is 0 Å². The minimum Gasteiger partial charge on any atom is -0.296 e. The van der Waals surface area contributed by atoms with Crippen LogP contribution in [0.25, 0.3) is 0 Å². The summed E-state index contributed by atoms with van der Waals surface area (Å²) in [5, 5.41) is 2.23. The van der Waals surface area contributed by atoms with Crippen LogP contribution < -0.4 is 5.32 Å². The van der Waals surface area contributed by atoms with Crippen LogP contribution in [-0.2, 0) is 15.0 Å². The van der Waals surface area contributed by atoms with Gasteiger partial charge in [0, 0.05) is 11.4 Å². The van der Waals surface area contributed by atoms with Gasteiger partial charge in [-0.3, -0.25) is 14.9 Å². The molecule has 1 aromatic carbocycles. The predicted molar refractivity (Wildman–Crippen MR) is 61.5 cm³/mol. The van der Waals surface area contributed by atoms with Crippen molar-refractivity contribution in [3.05, 3.63) is 33.6 Å². The molecule has 0 aromatic heterocycles. The maximum absolute atomic E-state index is 13.4. The average molecular weight is 276 g/mol. The lowest BCUT2D eigenvalue weighted by molar-refractivity contribution is -0.126. The molecule has 1 N–H and O–H groups in total. The first-order chi connectivity index (χ1) is 7.84. The van der Waals surface area contributed by atoms with Crippen molar-refractivity contribution in [3.63, 3.8) is 0 Å². The topological polar surface area (TPSA) is 46.2 Å². The molecule has 1 saturated heterocycles. The van der Waals surface area contributed by atoms with Crippen molar-refractivity contribution in [3.8, 4) is 0 Å². The zero-order valence-corrected chi connectivity index (χ0v) is 10.3. The Kier molecular flexibility index (Phi) is 2.87. The molecule has 1 unspecified atom stereocenters. The van der Waals surface area contributed by atoms with Crippen LogP contribution in [0.2, 0.25) is 10.0 Å². The molecule has 0 radical (unpaired) electrons. The molecule has 2 rings (SSSR count). The monoisotopic (exact) mass is 275 g/mol. The molecule has 1 heterocycles. The molecule has 6 heteroatoms. The molecule has 1 atom stereocenters. The van der Waals surface area contributed by atoms with Gasteiger partial charge in [0.05, 0.1) is 10.4 Å². The number of imide groups is 1. The van der Waals surface area contributed by atoms with Gasteiger partial charge in [0.2, 0.25) is 11.8 Å². The van der Waals surface area contributed by atoms with E-state index >= 15 is 0 Å². The lowest BCUT2D eigenvalue weighted by atomic mass is 9.81. The first kappa shape index (κ1) is 12.3. The Morgan fingerprint density at radius 1 is 1.29 bits per heavy atom. The highest BCUT2D eigenvalue weighted by Gasteiger charge is 2.45. The first-order valence-corrected chi connectivity index (χ1v) is 5.59. The number of carbonyl (C=O) groups is 2. The van der Waals surface area contributed by atoms with Crippen molar-refractivity contribution in [2.24, 2.45) is 0 Å². The highest BCUT2D eigenvalue weighted by atomic mass is 35.5. The van der Waals surface area contributed by atoms with Crippen molar-refractivity contribution in [1.29, 1.82) is 0 Å². The maximum Gasteiger partial charge on any atom is 0.237 e. The van der Waals surface area contributed by atoms with Crippen LogP contribution in [-0.4, -0.2) is 11.8 Å². The van der Waals surface area contributed by atoms with Gasteiger partial charge >= 0.3 is 0 Å². The number of hydrogen-bond acceptors (Lipinski definition) is 2.